The van der Waals surface area contributed by atoms with E-state index in [0.29, 0.717) is 5.92 Å². The molecule has 1 rings (SSSR count). The van der Waals surface area contributed by atoms with E-state index in [1.807, 2.05) is 13.1 Å². The van der Waals surface area contributed by atoms with Gasteiger partial charge in [-0.1, -0.05) is 29.8 Å². The van der Waals surface area contributed by atoms with E-state index in [1.165, 1.54) is 6.07 Å². The third-order valence-corrected chi connectivity index (χ3v) is 3.32. The van der Waals surface area contributed by atoms with Gasteiger partial charge >= 0.3 is 0 Å². The van der Waals surface area contributed by atoms with Crippen molar-refractivity contribution in [3.05, 3.63) is 34.1 Å². The Bertz CT molecular complexity index is 327. The first kappa shape index (κ1) is 12.7. The maximum Gasteiger partial charge on any atom is 0.126 e. The van der Waals surface area contributed by atoms with Gasteiger partial charge in [0.15, 0.2) is 0 Å². The predicted molar refractivity (Wildman–Crippen MR) is 65.6 cm³/mol. The number of benzene rings is 1. The standard InChI is InChI=1S/C12H17BrFN/c1-8(7-15-3)9(2)11-6-10(13)4-5-12(11)14/h4-6,8-9,15H,7H2,1-3H3. The van der Waals surface area contributed by atoms with Gasteiger partial charge < -0.3 is 5.32 Å². The third kappa shape index (κ3) is 3.28. The summed E-state index contributed by atoms with van der Waals surface area (Å²) in [7, 11) is 1.92. The van der Waals surface area contributed by atoms with E-state index < -0.39 is 0 Å². The minimum Gasteiger partial charge on any atom is -0.319 e. The largest absolute Gasteiger partial charge is 0.319 e. The molecule has 0 aliphatic heterocycles. The molecule has 0 spiro atoms. The highest BCUT2D eigenvalue weighted by Gasteiger charge is 2.17. The van der Waals surface area contributed by atoms with Gasteiger partial charge in [0.05, 0.1) is 0 Å². The lowest BCUT2D eigenvalue weighted by Crippen LogP contribution is -2.21. The van der Waals surface area contributed by atoms with Crippen LogP contribution in [0.15, 0.2) is 22.7 Å². The number of halogens is 2. The summed E-state index contributed by atoms with van der Waals surface area (Å²) in [6, 6.07) is 5.11. The summed E-state index contributed by atoms with van der Waals surface area (Å²) in [5, 5.41) is 3.12. The molecule has 0 radical (unpaired) electrons. The highest BCUT2D eigenvalue weighted by molar-refractivity contribution is 9.10. The maximum absolute atomic E-state index is 13.6. The van der Waals surface area contributed by atoms with E-state index in [0.717, 1.165) is 16.6 Å². The van der Waals surface area contributed by atoms with Gasteiger partial charge in [0.25, 0.3) is 0 Å². The molecule has 2 atom stereocenters. The van der Waals surface area contributed by atoms with Crippen LogP contribution in [0.5, 0.6) is 0 Å². The van der Waals surface area contributed by atoms with Gasteiger partial charge in [-0.15, -0.1) is 0 Å². The van der Waals surface area contributed by atoms with Crippen LogP contribution in [0.2, 0.25) is 0 Å². The molecule has 1 nitrogen and oxygen atoms in total. The first-order valence-corrected chi connectivity index (χ1v) is 5.95. The van der Waals surface area contributed by atoms with Crippen LogP contribution < -0.4 is 5.32 Å². The number of hydrogen-bond acceptors (Lipinski definition) is 1. The lowest BCUT2D eigenvalue weighted by atomic mass is 9.88. The van der Waals surface area contributed by atoms with Crippen molar-refractivity contribution in [1.82, 2.24) is 5.32 Å². The van der Waals surface area contributed by atoms with E-state index in [9.17, 15) is 4.39 Å². The Morgan fingerprint density at radius 1 is 1.40 bits per heavy atom. The highest BCUT2D eigenvalue weighted by Crippen LogP contribution is 2.28. The van der Waals surface area contributed by atoms with Crippen LogP contribution in [0.25, 0.3) is 0 Å². The molecule has 0 aromatic heterocycles. The molecule has 0 saturated carbocycles. The highest BCUT2D eigenvalue weighted by atomic mass is 79.9. The summed E-state index contributed by atoms with van der Waals surface area (Å²) < 4.78 is 14.5. The average molecular weight is 274 g/mol. The van der Waals surface area contributed by atoms with Gasteiger partial charge in [-0.05, 0) is 49.2 Å². The van der Waals surface area contributed by atoms with E-state index in [2.05, 4.69) is 35.1 Å². The zero-order chi connectivity index (χ0) is 11.4. The molecule has 0 amide bonds. The van der Waals surface area contributed by atoms with Crippen LogP contribution in [0.3, 0.4) is 0 Å². The Morgan fingerprint density at radius 2 is 2.07 bits per heavy atom. The van der Waals surface area contributed by atoms with Crippen LogP contribution in [0.1, 0.15) is 25.3 Å². The lowest BCUT2D eigenvalue weighted by molar-refractivity contribution is 0.449. The van der Waals surface area contributed by atoms with Gasteiger partial charge in [0.2, 0.25) is 0 Å². The fourth-order valence-electron chi connectivity index (χ4n) is 1.67. The topological polar surface area (TPSA) is 12.0 Å². The fourth-order valence-corrected chi connectivity index (χ4v) is 2.05. The second-order valence-electron chi connectivity index (χ2n) is 3.99. The lowest BCUT2D eigenvalue weighted by Gasteiger charge is -2.20. The normalized spacial score (nSPS) is 15.0. The molecule has 1 aromatic carbocycles. The van der Waals surface area contributed by atoms with Crippen molar-refractivity contribution in [3.63, 3.8) is 0 Å². The summed E-state index contributed by atoms with van der Waals surface area (Å²) in [4.78, 5) is 0. The number of nitrogens with one attached hydrogen (secondary N) is 1. The van der Waals surface area contributed by atoms with E-state index in [-0.39, 0.29) is 11.7 Å². The quantitative estimate of drug-likeness (QED) is 0.885. The fraction of sp³-hybridized carbons (Fsp3) is 0.500. The van der Waals surface area contributed by atoms with Gasteiger partial charge in [-0.3, -0.25) is 0 Å². The molecular formula is C12H17BrFN. The van der Waals surface area contributed by atoms with Crippen molar-refractivity contribution in [2.45, 2.75) is 19.8 Å². The van der Waals surface area contributed by atoms with Crippen LogP contribution in [-0.2, 0) is 0 Å². The van der Waals surface area contributed by atoms with Crippen LogP contribution in [-0.4, -0.2) is 13.6 Å². The molecule has 0 bridgehead atoms. The molecule has 0 fully saturated rings. The Kier molecular flexibility index (Phi) is 4.74. The second kappa shape index (κ2) is 5.61. The first-order chi connectivity index (χ1) is 7.06. The van der Waals surface area contributed by atoms with Gasteiger partial charge in [-0.25, -0.2) is 4.39 Å². The first-order valence-electron chi connectivity index (χ1n) is 5.15. The monoisotopic (exact) mass is 273 g/mol. The summed E-state index contributed by atoms with van der Waals surface area (Å²) in [5.41, 5.74) is 0.784. The second-order valence-corrected chi connectivity index (χ2v) is 4.91. The summed E-state index contributed by atoms with van der Waals surface area (Å²) in [6.45, 7) is 5.08. The van der Waals surface area contributed by atoms with E-state index >= 15 is 0 Å². The van der Waals surface area contributed by atoms with Crippen LogP contribution in [0, 0.1) is 11.7 Å². The molecule has 84 valence electrons. The predicted octanol–water partition coefficient (Wildman–Crippen LogP) is 3.55. The van der Waals surface area contributed by atoms with Crippen LogP contribution >= 0.6 is 15.9 Å². The van der Waals surface area contributed by atoms with Crippen molar-refractivity contribution in [2.75, 3.05) is 13.6 Å². The summed E-state index contributed by atoms with van der Waals surface area (Å²) in [5.74, 6) is 0.516. The molecule has 0 saturated heterocycles. The molecule has 1 N–H and O–H groups in total. The molecule has 1 aromatic rings. The minimum absolute atomic E-state index is 0.117. The Hall–Kier alpha value is -0.410. The summed E-state index contributed by atoms with van der Waals surface area (Å²) in [6.07, 6.45) is 0. The Morgan fingerprint density at radius 3 is 2.67 bits per heavy atom. The molecule has 2 unspecified atom stereocenters. The zero-order valence-corrected chi connectivity index (χ0v) is 10.9. The zero-order valence-electron chi connectivity index (χ0n) is 9.35. The molecule has 0 aliphatic carbocycles. The number of rotatable bonds is 4. The molecule has 0 aliphatic rings. The van der Waals surface area contributed by atoms with Gasteiger partial charge in [0, 0.05) is 4.47 Å². The van der Waals surface area contributed by atoms with E-state index in [1.54, 1.807) is 6.07 Å². The van der Waals surface area contributed by atoms with Crippen molar-refractivity contribution in [1.29, 1.82) is 0 Å². The molecule has 3 heteroatoms. The van der Waals surface area contributed by atoms with E-state index in [4.69, 9.17) is 0 Å². The number of hydrogen-bond donors (Lipinski definition) is 1. The molecule has 0 heterocycles. The van der Waals surface area contributed by atoms with Gasteiger partial charge in [0.1, 0.15) is 5.82 Å². The van der Waals surface area contributed by atoms with Gasteiger partial charge in [-0.2, -0.15) is 0 Å². The average Bonchev–Trinajstić information content (AvgIpc) is 2.21. The SMILES string of the molecule is CNCC(C)C(C)c1cc(Br)ccc1F. The van der Waals surface area contributed by atoms with Crippen molar-refractivity contribution < 1.29 is 4.39 Å². The maximum atomic E-state index is 13.6. The summed E-state index contributed by atoms with van der Waals surface area (Å²) >= 11 is 3.37. The smallest absolute Gasteiger partial charge is 0.126 e. The van der Waals surface area contributed by atoms with Crippen molar-refractivity contribution >= 4 is 15.9 Å². The Balaban J connectivity index is 2.89. The third-order valence-electron chi connectivity index (χ3n) is 2.83. The van der Waals surface area contributed by atoms with Crippen LogP contribution in [0.4, 0.5) is 4.39 Å². The van der Waals surface area contributed by atoms with Crippen molar-refractivity contribution in [3.8, 4) is 0 Å². The minimum atomic E-state index is -0.117. The Labute approximate surface area is 99.2 Å². The molecule has 15 heavy (non-hydrogen) atoms. The van der Waals surface area contributed by atoms with Crippen molar-refractivity contribution in [2.24, 2.45) is 5.92 Å². The molecular weight excluding hydrogens is 257 g/mol.